The number of carbonyl (C=O) groups is 1. The number of nitrogens with zero attached hydrogens (tertiary/aromatic N) is 3. The molecule has 2 heterocycles. The molecule has 4 rings (SSSR count). The summed E-state index contributed by atoms with van der Waals surface area (Å²) in [5.74, 6) is 0.483. The molecule has 0 bridgehead atoms. The summed E-state index contributed by atoms with van der Waals surface area (Å²) in [6, 6.07) is 10.9. The fourth-order valence-electron chi connectivity index (χ4n) is 4.74. The van der Waals surface area contributed by atoms with Crippen molar-refractivity contribution in [3.63, 3.8) is 0 Å². The summed E-state index contributed by atoms with van der Waals surface area (Å²) in [6.07, 6.45) is 11.4. The van der Waals surface area contributed by atoms with Crippen molar-refractivity contribution in [2.75, 3.05) is 6.54 Å². The van der Waals surface area contributed by atoms with E-state index in [1.54, 1.807) is 12.4 Å². The van der Waals surface area contributed by atoms with Crippen LogP contribution in [0.4, 0.5) is 0 Å². The zero-order chi connectivity index (χ0) is 19.5. The van der Waals surface area contributed by atoms with E-state index in [4.69, 9.17) is 5.26 Å². The van der Waals surface area contributed by atoms with E-state index in [0.29, 0.717) is 17.5 Å². The molecule has 28 heavy (non-hydrogen) atoms. The molecule has 4 nitrogen and oxygen atoms in total. The van der Waals surface area contributed by atoms with Gasteiger partial charge in [-0.15, -0.1) is 0 Å². The highest BCUT2D eigenvalue weighted by Crippen LogP contribution is 2.31. The van der Waals surface area contributed by atoms with Crippen molar-refractivity contribution >= 4 is 5.91 Å². The number of carbonyl (C=O) groups excluding carboxylic acids is 1. The standard InChI is InChI=1S/C24H27N3O/c1-17-11-20(22-12-18(14-25)15-26-16-22)8-7-19(17)13-21-9-10-27(24(21)28)23-5-3-2-4-6-23/h7-8,11-12,15-16,21,23H,2-6,9-10,13H2,1H3. The lowest BCUT2D eigenvalue weighted by Crippen LogP contribution is -2.39. The number of hydrogen-bond donors (Lipinski definition) is 0. The number of likely N-dealkylation sites (tertiary alicyclic amines) is 1. The molecular weight excluding hydrogens is 346 g/mol. The average Bonchev–Trinajstić information content (AvgIpc) is 3.10. The Kier molecular flexibility index (Phi) is 5.43. The van der Waals surface area contributed by atoms with Gasteiger partial charge in [0.25, 0.3) is 0 Å². The van der Waals surface area contributed by atoms with Crippen molar-refractivity contribution in [2.24, 2.45) is 5.92 Å². The van der Waals surface area contributed by atoms with Crippen molar-refractivity contribution in [1.82, 2.24) is 9.88 Å². The molecule has 4 heteroatoms. The number of pyridine rings is 1. The van der Waals surface area contributed by atoms with Crippen LogP contribution in [0, 0.1) is 24.2 Å². The van der Waals surface area contributed by atoms with Gasteiger partial charge in [-0.3, -0.25) is 9.78 Å². The number of aromatic nitrogens is 1. The van der Waals surface area contributed by atoms with Crippen molar-refractivity contribution < 1.29 is 4.79 Å². The van der Waals surface area contributed by atoms with Gasteiger partial charge in [0.2, 0.25) is 5.91 Å². The summed E-state index contributed by atoms with van der Waals surface area (Å²) in [5.41, 5.74) is 5.03. The Balaban J connectivity index is 1.47. The Labute approximate surface area is 167 Å². The van der Waals surface area contributed by atoms with Crippen LogP contribution < -0.4 is 0 Å². The van der Waals surface area contributed by atoms with E-state index in [2.05, 4.69) is 41.1 Å². The summed E-state index contributed by atoms with van der Waals surface area (Å²) >= 11 is 0. The molecule has 1 amide bonds. The fourth-order valence-corrected chi connectivity index (χ4v) is 4.74. The third-order valence-corrected chi connectivity index (χ3v) is 6.38. The molecule has 1 aromatic carbocycles. The van der Waals surface area contributed by atoms with Gasteiger partial charge < -0.3 is 4.90 Å². The quantitative estimate of drug-likeness (QED) is 0.784. The Morgan fingerprint density at radius 3 is 2.68 bits per heavy atom. The van der Waals surface area contributed by atoms with Crippen LogP contribution in [0.25, 0.3) is 11.1 Å². The topological polar surface area (TPSA) is 57.0 Å². The van der Waals surface area contributed by atoms with Gasteiger partial charge in [0.1, 0.15) is 6.07 Å². The van der Waals surface area contributed by atoms with Crippen molar-refractivity contribution in [2.45, 2.75) is 57.9 Å². The molecule has 1 aliphatic heterocycles. The molecule has 2 aromatic rings. The van der Waals surface area contributed by atoms with Crippen LogP contribution in [0.15, 0.2) is 36.7 Å². The number of nitriles is 1. The van der Waals surface area contributed by atoms with Gasteiger partial charge in [0.05, 0.1) is 5.56 Å². The number of aryl methyl sites for hydroxylation is 1. The van der Waals surface area contributed by atoms with Crippen molar-refractivity contribution in [1.29, 1.82) is 5.26 Å². The molecule has 0 radical (unpaired) electrons. The van der Waals surface area contributed by atoms with Crippen LogP contribution in [-0.2, 0) is 11.2 Å². The largest absolute Gasteiger partial charge is 0.339 e. The third kappa shape index (κ3) is 3.80. The maximum Gasteiger partial charge on any atom is 0.226 e. The Bertz CT molecular complexity index is 908. The minimum absolute atomic E-state index is 0.120. The van der Waals surface area contributed by atoms with E-state index in [-0.39, 0.29) is 5.92 Å². The molecule has 1 aromatic heterocycles. The van der Waals surface area contributed by atoms with Crippen LogP contribution in [0.3, 0.4) is 0 Å². The molecule has 1 atom stereocenters. The molecule has 2 fully saturated rings. The van der Waals surface area contributed by atoms with Crippen molar-refractivity contribution in [3.8, 4) is 17.2 Å². The predicted molar refractivity (Wildman–Crippen MR) is 110 cm³/mol. The summed E-state index contributed by atoms with van der Waals surface area (Å²) in [7, 11) is 0. The van der Waals surface area contributed by atoms with Crippen LogP contribution in [0.5, 0.6) is 0 Å². The van der Waals surface area contributed by atoms with E-state index in [0.717, 1.165) is 30.5 Å². The molecule has 1 saturated heterocycles. The van der Waals surface area contributed by atoms with Gasteiger partial charge in [-0.05, 0) is 55.4 Å². The first-order chi connectivity index (χ1) is 13.7. The van der Waals surface area contributed by atoms with E-state index in [9.17, 15) is 4.79 Å². The Morgan fingerprint density at radius 1 is 1.11 bits per heavy atom. The molecule has 0 N–H and O–H groups in total. The fraction of sp³-hybridized carbons (Fsp3) is 0.458. The average molecular weight is 374 g/mol. The Morgan fingerprint density at radius 2 is 1.93 bits per heavy atom. The van der Waals surface area contributed by atoms with Crippen LogP contribution in [0.2, 0.25) is 0 Å². The van der Waals surface area contributed by atoms with Crippen LogP contribution in [0.1, 0.15) is 55.2 Å². The first kappa shape index (κ1) is 18.7. The molecular formula is C24H27N3O. The third-order valence-electron chi connectivity index (χ3n) is 6.38. The SMILES string of the molecule is Cc1cc(-c2cncc(C#N)c2)ccc1CC1CCN(C2CCCCC2)C1=O. The second-order valence-electron chi connectivity index (χ2n) is 8.23. The zero-order valence-electron chi connectivity index (χ0n) is 16.5. The minimum atomic E-state index is 0.120. The summed E-state index contributed by atoms with van der Waals surface area (Å²) in [6.45, 7) is 3.04. The monoisotopic (exact) mass is 373 g/mol. The highest BCUT2D eigenvalue weighted by molar-refractivity contribution is 5.81. The molecule has 144 valence electrons. The van der Waals surface area contributed by atoms with Gasteiger partial charge in [-0.2, -0.15) is 5.26 Å². The smallest absolute Gasteiger partial charge is 0.226 e. The first-order valence-electron chi connectivity index (χ1n) is 10.4. The van der Waals surface area contributed by atoms with Crippen LogP contribution >= 0.6 is 0 Å². The van der Waals surface area contributed by atoms with E-state index < -0.39 is 0 Å². The maximum atomic E-state index is 13.0. The molecule has 1 unspecified atom stereocenters. The molecule has 1 saturated carbocycles. The first-order valence-corrected chi connectivity index (χ1v) is 10.4. The number of hydrogen-bond acceptors (Lipinski definition) is 3. The predicted octanol–water partition coefficient (Wildman–Crippen LogP) is 4.65. The van der Waals surface area contributed by atoms with Gasteiger partial charge in [0.15, 0.2) is 0 Å². The lowest BCUT2D eigenvalue weighted by atomic mass is 9.92. The van der Waals surface area contributed by atoms with Crippen molar-refractivity contribution in [3.05, 3.63) is 53.3 Å². The van der Waals surface area contributed by atoms with Gasteiger partial charge >= 0.3 is 0 Å². The zero-order valence-corrected chi connectivity index (χ0v) is 16.5. The van der Waals surface area contributed by atoms with Gasteiger partial charge in [-0.1, -0.05) is 37.5 Å². The Hall–Kier alpha value is -2.67. The normalized spacial score (nSPS) is 20.4. The molecule has 2 aliphatic rings. The molecule has 1 aliphatic carbocycles. The molecule has 0 spiro atoms. The number of benzene rings is 1. The lowest BCUT2D eigenvalue weighted by Gasteiger charge is -2.31. The van der Waals surface area contributed by atoms with E-state index >= 15 is 0 Å². The van der Waals surface area contributed by atoms with E-state index in [1.165, 1.54) is 43.2 Å². The maximum absolute atomic E-state index is 13.0. The second kappa shape index (κ2) is 8.14. The van der Waals surface area contributed by atoms with Crippen LogP contribution in [-0.4, -0.2) is 28.4 Å². The second-order valence-corrected chi connectivity index (χ2v) is 8.23. The number of rotatable bonds is 4. The summed E-state index contributed by atoms with van der Waals surface area (Å²) in [4.78, 5) is 19.3. The van der Waals surface area contributed by atoms with Gasteiger partial charge in [0, 0.05) is 36.5 Å². The highest BCUT2D eigenvalue weighted by Gasteiger charge is 2.36. The van der Waals surface area contributed by atoms with E-state index in [1.807, 2.05) is 6.07 Å². The van der Waals surface area contributed by atoms with Gasteiger partial charge in [-0.25, -0.2) is 0 Å². The minimum Gasteiger partial charge on any atom is -0.339 e. The number of amides is 1. The summed E-state index contributed by atoms with van der Waals surface area (Å²) in [5, 5.41) is 9.08. The highest BCUT2D eigenvalue weighted by atomic mass is 16.2. The lowest BCUT2D eigenvalue weighted by molar-refractivity contribution is -0.133. The summed E-state index contributed by atoms with van der Waals surface area (Å²) < 4.78 is 0.